The van der Waals surface area contributed by atoms with Gasteiger partial charge in [-0.25, -0.2) is 9.97 Å². The first kappa shape index (κ1) is 23.8. The Labute approximate surface area is 198 Å². The number of benzene rings is 1. The van der Waals surface area contributed by atoms with Crippen molar-refractivity contribution in [1.82, 2.24) is 19.9 Å². The van der Waals surface area contributed by atoms with Gasteiger partial charge in [-0.05, 0) is 26.0 Å². The summed E-state index contributed by atoms with van der Waals surface area (Å²) in [5.41, 5.74) is 0.636. The molecule has 34 heavy (non-hydrogen) atoms. The standard InChI is InChI=1S/C24H31N5O5/c1-15(2)28-7-9-29(10-8-28)23-19(34-12-11-30)6-5-17(26-23)22-25-18-13-16(32-3)14-20(33-4)21(18)24(31)27-22/h5-6,13-15,30H,7-12H2,1-4H3,(H,25,27,31). The van der Waals surface area contributed by atoms with Gasteiger partial charge in [-0.15, -0.1) is 0 Å². The Morgan fingerprint density at radius 2 is 1.82 bits per heavy atom. The second-order valence-electron chi connectivity index (χ2n) is 8.35. The summed E-state index contributed by atoms with van der Waals surface area (Å²) in [6.45, 7) is 7.87. The zero-order valence-electron chi connectivity index (χ0n) is 20.0. The minimum absolute atomic E-state index is 0.0917. The first-order valence-electron chi connectivity index (χ1n) is 11.3. The molecule has 1 aliphatic rings. The second-order valence-corrected chi connectivity index (χ2v) is 8.35. The number of aliphatic hydroxyl groups is 1. The lowest BCUT2D eigenvalue weighted by Crippen LogP contribution is -2.49. The van der Waals surface area contributed by atoms with Gasteiger partial charge in [0, 0.05) is 44.4 Å². The second kappa shape index (κ2) is 10.3. The highest BCUT2D eigenvalue weighted by Crippen LogP contribution is 2.32. The first-order chi connectivity index (χ1) is 16.4. The maximum Gasteiger partial charge on any atom is 0.262 e. The molecule has 2 N–H and O–H groups in total. The number of pyridine rings is 1. The van der Waals surface area contributed by atoms with Crippen LogP contribution >= 0.6 is 0 Å². The van der Waals surface area contributed by atoms with Crippen LogP contribution in [-0.2, 0) is 0 Å². The monoisotopic (exact) mass is 469 g/mol. The highest BCUT2D eigenvalue weighted by Gasteiger charge is 2.23. The number of hydrogen-bond acceptors (Lipinski definition) is 9. The van der Waals surface area contributed by atoms with Gasteiger partial charge in [0.1, 0.15) is 29.2 Å². The summed E-state index contributed by atoms with van der Waals surface area (Å²) in [6.07, 6.45) is 0. The number of nitrogens with zero attached hydrogens (tertiary/aromatic N) is 4. The molecule has 10 nitrogen and oxygen atoms in total. The smallest absolute Gasteiger partial charge is 0.262 e. The number of fused-ring (bicyclic) bond motifs is 1. The Morgan fingerprint density at radius 3 is 2.47 bits per heavy atom. The summed E-state index contributed by atoms with van der Waals surface area (Å²) >= 11 is 0. The van der Waals surface area contributed by atoms with Crippen molar-refractivity contribution in [3.05, 3.63) is 34.6 Å². The normalized spacial score (nSPS) is 14.6. The molecule has 0 saturated carbocycles. The molecule has 0 radical (unpaired) electrons. The van der Waals surface area contributed by atoms with Gasteiger partial charge in [0.05, 0.1) is 26.3 Å². The summed E-state index contributed by atoms with van der Waals surface area (Å²) in [5.74, 6) is 2.52. The maximum absolute atomic E-state index is 12.9. The lowest BCUT2D eigenvalue weighted by atomic mass is 10.2. The zero-order chi connectivity index (χ0) is 24.2. The molecule has 0 aliphatic carbocycles. The number of H-pyrrole nitrogens is 1. The highest BCUT2D eigenvalue weighted by molar-refractivity contribution is 5.87. The van der Waals surface area contributed by atoms with E-state index in [0.29, 0.717) is 51.5 Å². The van der Waals surface area contributed by atoms with E-state index in [-0.39, 0.29) is 18.8 Å². The fourth-order valence-corrected chi connectivity index (χ4v) is 4.12. The van der Waals surface area contributed by atoms with Crippen molar-refractivity contribution in [1.29, 1.82) is 0 Å². The number of rotatable bonds is 8. The van der Waals surface area contributed by atoms with E-state index in [1.165, 1.54) is 7.11 Å². The number of aromatic nitrogens is 3. The molecule has 0 amide bonds. The van der Waals surface area contributed by atoms with Crippen molar-refractivity contribution in [2.75, 3.05) is 58.5 Å². The number of anilines is 1. The minimum Gasteiger partial charge on any atom is -0.497 e. The molecule has 0 atom stereocenters. The quantitative estimate of drug-likeness (QED) is 0.511. The number of ether oxygens (including phenoxy) is 3. The first-order valence-corrected chi connectivity index (χ1v) is 11.3. The highest BCUT2D eigenvalue weighted by atomic mass is 16.5. The molecule has 1 aromatic carbocycles. The van der Waals surface area contributed by atoms with Gasteiger partial charge in [-0.2, -0.15) is 0 Å². The predicted molar refractivity (Wildman–Crippen MR) is 130 cm³/mol. The largest absolute Gasteiger partial charge is 0.497 e. The van der Waals surface area contributed by atoms with Crippen molar-refractivity contribution in [3.63, 3.8) is 0 Å². The van der Waals surface area contributed by atoms with Gasteiger partial charge in [0.15, 0.2) is 17.4 Å². The van der Waals surface area contributed by atoms with Crippen molar-refractivity contribution in [3.8, 4) is 28.8 Å². The minimum atomic E-state index is -0.325. The molecule has 1 saturated heterocycles. The van der Waals surface area contributed by atoms with E-state index in [2.05, 4.69) is 33.6 Å². The molecule has 1 fully saturated rings. The molecule has 1 aliphatic heterocycles. The number of aliphatic hydroxyl groups excluding tert-OH is 1. The molecule has 182 valence electrons. The average molecular weight is 470 g/mol. The zero-order valence-corrected chi connectivity index (χ0v) is 20.0. The molecule has 0 spiro atoms. The molecular weight excluding hydrogens is 438 g/mol. The predicted octanol–water partition coefficient (Wildman–Crippen LogP) is 1.90. The number of nitrogens with one attached hydrogen (secondary N) is 1. The summed E-state index contributed by atoms with van der Waals surface area (Å²) in [4.78, 5) is 29.8. The molecule has 4 rings (SSSR count). The van der Waals surface area contributed by atoms with E-state index in [9.17, 15) is 9.90 Å². The van der Waals surface area contributed by atoms with Crippen LogP contribution in [-0.4, -0.2) is 84.6 Å². The Bertz CT molecular complexity index is 1200. The van der Waals surface area contributed by atoms with Crippen LogP contribution in [0, 0.1) is 0 Å². The van der Waals surface area contributed by atoms with Crippen molar-refractivity contribution >= 4 is 16.7 Å². The van der Waals surface area contributed by atoms with Gasteiger partial charge in [0.25, 0.3) is 5.56 Å². The number of methoxy groups -OCH3 is 2. The van der Waals surface area contributed by atoms with E-state index in [1.807, 2.05) is 0 Å². The molecule has 0 unspecified atom stereocenters. The maximum atomic E-state index is 12.9. The molecular formula is C24H31N5O5. The third-order valence-electron chi connectivity index (χ3n) is 5.98. The third kappa shape index (κ3) is 4.78. The lowest BCUT2D eigenvalue weighted by Gasteiger charge is -2.38. The van der Waals surface area contributed by atoms with E-state index >= 15 is 0 Å². The summed E-state index contributed by atoms with van der Waals surface area (Å²) in [5, 5.41) is 9.59. The lowest BCUT2D eigenvalue weighted by molar-refractivity contribution is 0.197. The van der Waals surface area contributed by atoms with Crippen LogP contribution in [0.2, 0.25) is 0 Å². The fraction of sp³-hybridized carbons (Fsp3) is 0.458. The van der Waals surface area contributed by atoms with Gasteiger partial charge < -0.3 is 29.2 Å². The van der Waals surface area contributed by atoms with Crippen LogP contribution < -0.4 is 24.7 Å². The van der Waals surface area contributed by atoms with E-state index in [4.69, 9.17) is 19.2 Å². The average Bonchev–Trinajstić information content (AvgIpc) is 2.86. The summed E-state index contributed by atoms with van der Waals surface area (Å²) < 4.78 is 16.5. The number of aromatic amines is 1. The van der Waals surface area contributed by atoms with Gasteiger partial charge in [-0.3, -0.25) is 9.69 Å². The number of piperazine rings is 1. The molecule has 10 heteroatoms. The summed E-state index contributed by atoms with van der Waals surface area (Å²) in [6, 6.07) is 7.38. The Kier molecular flexibility index (Phi) is 7.18. The SMILES string of the molecule is COc1cc(OC)c2c(=O)[nH]c(-c3ccc(OCCO)c(N4CCN(C(C)C)CC4)n3)nc2c1. The molecule has 2 aromatic heterocycles. The van der Waals surface area contributed by atoms with Crippen LogP contribution in [0.5, 0.6) is 17.2 Å². The van der Waals surface area contributed by atoms with Crippen LogP contribution in [0.3, 0.4) is 0 Å². The molecule has 3 heterocycles. The van der Waals surface area contributed by atoms with Crippen molar-refractivity contribution in [2.24, 2.45) is 0 Å². The van der Waals surface area contributed by atoms with Crippen LogP contribution in [0.15, 0.2) is 29.1 Å². The van der Waals surface area contributed by atoms with E-state index < -0.39 is 0 Å². The molecule has 0 bridgehead atoms. The Morgan fingerprint density at radius 1 is 1.06 bits per heavy atom. The van der Waals surface area contributed by atoms with Crippen LogP contribution in [0.25, 0.3) is 22.4 Å². The Hall–Kier alpha value is -3.37. The van der Waals surface area contributed by atoms with E-state index in [0.717, 1.165) is 26.2 Å². The number of hydrogen-bond donors (Lipinski definition) is 2. The molecule has 3 aromatic rings. The van der Waals surface area contributed by atoms with Gasteiger partial charge in [0.2, 0.25) is 0 Å². The van der Waals surface area contributed by atoms with Crippen molar-refractivity contribution in [2.45, 2.75) is 19.9 Å². The van der Waals surface area contributed by atoms with Gasteiger partial charge in [-0.1, -0.05) is 0 Å². The van der Waals surface area contributed by atoms with Gasteiger partial charge >= 0.3 is 0 Å². The fourth-order valence-electron chi connectivity index (χ4n) is 4.12. The van der Waals surface area contributed by atoms with Crippen LogP contribution in [0.1, 0.15) is 13.8 Å². The Balaban J connectivity index is 1.76. The van der Waals surface area contributed by atoms with Crippen LogP contribution in [0.4, 0.5) is 5.82 Å². The van der Waals surface area contributed by atoms with Crippen molar-refractivity contribution < 1.29 is 19.3 Å². The summed E-state index contributed by atoms with van der Waals surface area (Å²) in [7, 11) is 3.05. The third-order valence-corrected chi connectivity index (χ3v) is 5.98. The topological polar surface area (TPSA) is 113 Å². The van der Waals surface area contributed by atoms with E-state index in [1.54, 1.807) is 31.4 Å².